The summed E-state index contributed by atoms with van der Waals surface area (Å²) in [5, 5.41) is 53.5. The molecule has 6 fully saturated rings. The van der Waals surface area contributed by atoms with Crippen LogP contribution in [0, 0.1) is 23.7 Å². The maximum absolute atomic E-state index is 13.5. The number of nitrogens with two attached hydrogens (primary N) is 1. The number of carbonyl (C=O) groups excluding carboxylic acids is 4. The molecule has 2 aliphatic carbocycles. The van der Waals surface area contributed by atoms with Crippen LogP contribution >= 0.6 is 0 Å². The quantitative estimate of drug-likeness (QED) is 0.0528. The second kappa shape index (κ2) is 29.5. The minimum absolute atomic E-state index is 0.0408. The number of ether oxygens (including phenoxy) is 19. The fraction of sp³-hybridized carbons (Fsp3) is 0.529. The van der Waals surface area contributed by atoms with E-state index in [0.29, 0.717) is 74.2 Å². The lowest BCUT2D eigenvalue weighted by atomic mass is 9.66. The molecule has 16 rings (SSSR count). The van der Waals surface area contributed by atoms with E-state index in [1.807, 2.05) is 36.4 Å². The summed E-state index contributed by atoms with van der Waals surface area (Å²) in [6.45, 7) is 3.96. The average molecular weight is 1470 g/mol. The number of imidazole rings is 1. The third kappa shape index (κ3) is 12.9. The Labute approximate surface area is 596 Å². The Morgan fingerprint density at radius 2 is 0.990 bits per heavy atom. The molecule has 37 heteroatoms. The number of aromatic nitrogens is 5. The minimum Gasteiger partial charge on any atom is -0.493 e. The summed E-state index contributed by atoms with van der Waals surface area (Å²) in [6.07, 6.45) is -13.5. The van der Waals surface area contributed by atoms with Crippen molar-refractivity contribution in [3.63, 3.8) is 0 Å². The lowest BCUT2D eigenvalue weighted by Crippen LogP contribution is -2.63. The van der Waals surface area contributed by atoms with Gasteiger partial charge in [-0.25, -0.2) is 14.2 Å². The minimum atomic E-state index is -1.43. The van der Waals surface area contributed by atoms with E-state index in [1.54, 1.807) is 33.0 Å². The molecular formula is C68H78N8O29. The number of aliphatic hydroxyl groups excluding tert-OH is 4. The number of amides is 2. The van der Waals surface area contributed by atoms with Crippen LogP contribution < -0.4 is 69.7 Å². The molecule has 14 unspecified atom stereocenters. The molecule has 0 bridgehead atoms. The van der Waals surface area contributed by atoms with E-state index < -0.39 is 151 Å². The highest BCUT2D eigenvalue weighted by atomic mass is 16.8. The highest BCUT2D eigenvalue weighted by Crippen LogP contribution is 2.60. The zero-order valence-electron chi connectivity index (χ0n) is 58.2. The van der Waals surface area contributed by atoms with E-state index in [-0.39, 0.29) is 57.2 Å². The van der Waals surface area contributed by atoms with Crippen LogP contribution in [0.15, 0.2) is 53.3 Å². The van der Waals surface area contributed by atoms with E-state index in [9.17, 15) is 44.4 Å². The Balaban J connectivity index is 0.000000144. The molecule has 10 heterocycles. The number of hydroxylamine groups is 1. The van der Waals surface area contributed by atoms with Gasteiger partial charge in [0.2, 0.25) is 30.9 Å². The van der Waals surface area contributed by atoms with Gasteiger partial charge in [0.25, 0.3) is 11.8 Å². The first kappa shape index (κ1) is 72.5. The van der Waals surface area contributed by atoms with Gasteiger partial charge in [-0.3, -0.25) is 19.2 Å². The van der Waals surface area contributed by atoms with Gasteiger partial charge in [-0.15, -0.1) is 5.10 Å². The van der Waals surface area contributed by atoms with Gasteiger partial charge < -0.3 is 126 Å². The van der Waals surface area contributed by atoms with Crippen molar-refractivity contribution in [3.05, 3.63) is 104 Å². The van der Waals surface area contributed by atoms with Crippen LogP contribution in [0.3, 0.4) is 0 Å². The van der Waals surface area contributed by atoms with Crippen molar-refractivity contribution in [3.8, 4) is 57.5 Å². The van der Waals surface area contributed by atoms with Crippen LogP contribution in [0.4, 0.5) is 0 Å². The van der Waals surface area contributed by atoms with Gasteiger partial charge in [0.1, 0.15) is 48.8 Å². The number of nitrogens with zero attached hydrogens (tertiary/aromatic N) is 5. The smallest absolute Gasteiger partial charge is 0.353 e. The molecule has 105 heavy (non-hydrogen) atoms. The lowest BCUT2D eigenvalue weighted by Gasteiger charge is -2.47. The third-order valence-corrected chi connectivity index (χ3v) is 20.1. The van der Waals surface area contributed by atoms with E-state index in [0.717, 1.165) is 25.8 Å². The fourth-order valence-electron chi connectivity index (χ4n) is 15.3. The molecule has 4 aromatic carbocycles. The Bertz CT molecular complexity index is 4330. The Kier molecular flexibility index (Phi) is 20.3. The molecule has 2 amide bonds. The van der Waals surface area contributed by atoms with Gasteiger partial charge >= 0.3 is 17.6 Å². The van der Waals surface area contributed by atoms with Gasteiger partial charge in [-0.05, 0) is 95.8 Å². The number of rotatable bonds is 15. The predicted molar refractivity (Wildman–Crippen MR) is 348 cm³/mol. The number of cyclic esters (lactones) is 2. The molecule has 8 aliphatic heterocycles. The number of methoxy groups -OCH3 is 5. The number of carbonyl (C=O) groups is 4. The normalized spacial score (nSPS) is 31.3. The van der Waals surface area contributed by atoms with E-state index in [4.69, 9.17) is 101 Å². The summed E-state index contributed by atoms with van der Waals surface area (Å²) < 4.78 is 112. The van der Waals surface area contributed by atoms with E-state index in [2.05, 4.69) is 26.1 Å². The van der Waals surface area contributed by atoms with Crippen LogP contribution in [-0.4, -0.2) is 232 Å². The molecule has 37 nitrogen and oxygen atoms in total. The van der Waals surface area contributed by atoms with Crippen molar-refractivity contribution < 1.29 is 134 Å². The molecule has 6 saturated heterocycles. The van der Waals surface area contributed by atoms with Crippen molar-refractivity contribution in [1.29, 1.82) is 0 Å². The molecule has 6 aromatic rings. The first-order chi connectivity index (χ1) is 50.6. The lowest BCUT2D eigenvalue weighted by molar-refractivity contribution is -0.364. The monoisotopic (exact) mass is 1470 g/mol. The predicted octanol–water partition coefficient (Wildman–Crippen LogP) is 0.0693. The number of fused-ring (bicyclic) bond motifs is 9. The second-order valence-corrected chi connectivity index (χ2v) is 25.8. The topological polar surface area (TPSA) is 449 Å². The first-order valence-corrected chi connectivity index (χ1v) is 33.4. The van der Waals surface area contributed by atoms with Crippen molar-refractivity contribution >= 4 is 29.4 Å². The SMILES string of the molecule is CNC(=O)c1nc(C(N)=O)c2nnn(C)c(=O)n12.CNOc1c(OC)cc(C2c3cc4c(cc3[C@@H](OC3OC5COC(C)OC5C(O)C3O)[C@H]3COC(=O)[C@H]23)OCO4)cc1OC.COc1cc(C2c3cc4c(cc3[C@@H](OC3OC5COC(C)OC5C(O)C3O)[C@H]3COC(=O)[C@H]23)OCO4)cc(OC)c1OC. The maximum Gasteiger partial charge on any atom is 0.353 e. The number of benzene rings is 4. The van der Waals surface area contributed by atoms with Crippen LogP contribution in [0.1, 0.15) is 92.4 Å². The van der Waals surface area contributed by atoms with Crippen LogP contribution in [0.2, 0.25) is 0 Å². The molecule has 10 aliphatic rings. The number of primary amides is 1. The average Bonchev–Trinajstić information content (AvgIpc) is 1.69. The Morgan fingerprint density at radius 1 is 0.562 bits per heavy atom. The summed E-state index contributed by atoms with van der Waals surface area (Å²) in [4.78, 5) is 70.9. The molecular weight excluding hydrogens is 1390 g/mol. The molecule has 0 saturated carbocycles. The van der Waals surface area contributed by atoms with Crippen LogP contribution in [0.25, 0.3) is 5.65 Å². The van der Waals surface area contributed by atoms with Crippen molar-refractivity contribution in [2.75, 3.05) is 89.7 Å². The first-order valence-electron chi connectivity index (χ1n) is 33.4. The van der Waals surface area contributed by atoms with Crippen molar-refractivity contribution in [2.45, 2.75) is 112 Å². The number of esters is 2. The summed E-state index contributed by atoms with van der Waals surface area (Å²) in [5.41, 5.74) is 11.0. The summed E-state index contributed by atoms with van der Waals surface area (Å²) in [7, 11) is 12.0. The Morgan fingerprint density at radius 3 is 1.39 bits per heavy atom. The van der Waals surface area contributed by atoms with Gasteiger partial charge in [-0.1, -0.05) is 5.21 Å². The Hall–Kier alpha value is -9.48. The molecule has 0 radical (unpaired) electrons. The van der Waals surface area contributed by atoms with Gasteiger partial charge in [-0.2, -0.15) is 10.2 Å². The molecule has 0 spiro atoms. The fourth-order valence-corrected chi connectivity index (χ4v) is 15.3. The van der Waals surface area contributed by atoms with Gasteiger partial charge in [0.05, 0.1) is 86.0 Å². The van der Waals surface area contributed by atoms with Crippen molar-refractivity contribution in [2.24, 2.45) is 36.5 Å². The largest absolute Gasteiger partial charge is 0.493 e. The summed E-state index contributed by atoms with van der Waals surface area (Å²) in [6, 6.07) is 14.6. The summed E-state index contributed by atoms with van der Waals surface area (Å²) >= 11 is 0. The zero-order chi connectivity index (χ0) is 74.1. The summed E-state index contributed by atoms with van der Waals surface area (Å²) in [5.74, 6) is -1.46. The maximum atomic E-state index is 13.5. The van der Waals surface area contributed by atoms with E-state index >= 15 is 0 Å². The molecule has 564 valence electrons. The molecule has 20 atom stereocenters. The highest BCUT2D eigenvalue weighted by molar-refractivity contribution is 6.00. The highest BCUT2D eigenvalue weighted by Gasteiger charge is 2.59. The number of nitrogens with one attached hydrogen (secondary N) is 2. The van der Waals surface area contributed by atoms with Gasteiger partial charge in [0, 0.05) is 44.8 Å². The standard InChI is InChI=1S/C30H35NO13.C30H34O13.C8H9N7O3/c1-12-37-10-21-28(41-12)24(32)25(33)30(42-21)43-26-15-8-18-17(39-11-40-18)7-14(15)22(23-16(26)9-38-29(23)34)13-5-19(35-3)27(44-31-2)20(6-13)36-4;1-12-37-10-21-28(41-12)24(31)25(32)30(42-21)43-26-15-8-18-17(39-11-40-18)7-14(15)22(23-16(26)9-38-29(23)33)13-5-19(34-2)27(36-4)20(6-13)35-3;1-10-7(17)6-11-3(4(9)16)5-12-13-14(2)8(18)15(5)6/h5-8,12,16,21-26,28,30-33H,9-11H2,1-4H3;5-8,12,16,21-26,28,30-32H,9-11H2,1-4H3;1-2H3,(H2,9,16)(H,10,17)/t2*12?,16-,21?,22?,23-,24?,25?,26+,28?,30?;/m00./s1. The van der Waals surface area contributed by atoms with Crippen molar-refractivity contribution in [1.82, 2.24) is 35.2 Å². The van der Waals surface area contributed by atoms with Gasteiger partial charge in [0.15, 0.2) is 82.5 Å². The van der Waals surface area contributed by atoms with Crippen LogP contribution in [-0.2, 0) is 64.0 Å². The zero-order valence-corrected chi connectivity index (χ0v) is 58.2. The molecule has 8 N–H and O–H groups in total. The number of aliphatic hydroxyl groups is 4. The molecule has 2 aromatic heterocycles. The number of hydrogen-bond donors (Lipinski definition) is 7. The third-order valence-electron chi connectivity index (χ3n) is 20.1. The van der Waals surface area contributed by atoms with E-state index in [1.165, 1.54) is 49.6 Å². The van der Waals surface area contributed by atoms with Crippen LogP contribution in [0.5, 0.6) is 57.5 Å². The number of aryl methyl sites for hydroxylation is 1. The second-order valence-electron chi connectivity index (χ2n) is 25.8. The number of hydrogen-bond acceptors (Lipinski definition) is 33.